The largest absolute Gasteiger partial charge is 0.399 e. The van der Waals surface area contributed by atoms with Gasteiger partial charge in [0.05, 0.1) is 17.4 Å². The second-order valence-corrected chi connectivity index (χ2v) is 4.92. The third kappa shape index (κ3) is 1.89. The van der Waals surface area contributed by atoms with Crippen LogP contribution in [-0.2, 0) is 6.54 Å². The van der Waals surface area contributed by atoms with Gasteiger partial charge in [0.1, 0.15) is 0 Å². The molecule has 0 saturated carbocycles. The summed E-state index contributed by atoms with van der Waals surface area (Å²) in [5, 5.41) is 0. The molecule has 1 aliphatic rings. The number of rotatable bonds is 2. The van der Waals surface area contributed by atoms with Crippen LogP contribution in [0.2, 0.25) is 0 Å². The van der Waals surface area contributed by atoms with Crippen LogP contribution >= 0.6 is 0 Å². The first-order valence-corrected chi connectivity index (χ1v) is 6.14. The molecular formula is C13H18N4. The molecule has 1 aromatic carbocycles. The zero-order valence-electron chi connectivity index (χ0n) is 10.1. The minimum atomic E-state index is 0.643. The van der Waals surface area contributed by atoms with E-state index >= 15 is 0 Å². The van der Waals surface area contributed by atoms with Gasteiger partial charge in [0.25, 0.3) is 0 Å². The van der Waals surface area contributed by atoms with Crippen molar-refractivity contribution in [3.63, 3.8) is 0 Å². The number of nitrogens with zero attached hydrogens (tertiary/aromatic N) is 3. The van der Waals surface area contributed by atoms with Gasteiger partial charge < -0.3 is 15.2 Å². The van der Waals surface area contributed by atoms with E-state index in [9.17, 15) is 0 Å². The molecular weight excluding hydrogens is 212 g/mol. The highest BCUT2D eigenvalue weighted by Crippen LogP contribution is 2.20. The van der Waals surface area contributed by atoms with Gasteiger partial charge in [-0.3, -0.25) is 0 Å². The van der Waals surface area contributed by atoms with Crippen LogP contribution in [0.4, 0.5) is 5.69 Å². The molecule has 3 rings (SSSR count). The molecule has 1 atom stereocenters. The predicted octanol–water partition coefficient (Wildman–Crippen LogP) is 1.71. The summed E-state index contributed by atoms with van der Waals surface area (Å²) in [6.07, 6.45) is 4.52. The first-order valence-electron chi connectivity index (χ1n) is 6.14. The lowest BCUT2D eigenvalue weighted by Gasteiger charge is -2.20. The first kappa shape index (κ1) is 10.6. The Hall–Kier alpha value is -1.55. The Balaban J connectivity index is 1.90. The van der Waals surface area contributed by atoms with Gasteiger partial charge in [-0.15, -0.1) is 0 Å². The Labute approximate surface area is 101 Å². The quantitative estimate of drug-likeness (QED) is 0.799. The Kier molecular flexibility index (Phi) is 2.52. The number of aromatic nitrogens is 2. The Morgan fingerprint density at radius 1 is 1.47 bits per heavy atom. The van der Waals surface area contributed by atoms with Crippen LogP contribution in [0.15, 0.2) is 24.5 Å². The monoisotopic (exact) mass is 230 g/mol. The van der Waals surface area contributed by atoms with E-state index in [1.165, 1.54) is 24.9 Å². The second kappa shape index (κ2) is 4.04. The number of anilines is 1. The standard InChI is InChI=1S/C13H18N4/c1-16-6-2-3-11(16)8-17-9-15-12-7-10(14)4-5-13(12)17/h4-5,7,9,11H,2-3,6,8,14H2,1H3. The van der Waals surface area contributed by atoms with Gasteiger partial charge in [0, 0.05) is 18.3 Å². The fraction of sp³-hybridized carbons (Fsp3) is 0.462. The average molecular weight is 230 g/mol. The highest BCUT2D eigenvalue weighted by molar-refractivity contribution is 5.78. The summed E-state index contributed by atoms with van der Waals surface area (Å²) in [5.74, 6) is 0. The lowest BCUT2D eigenvalue weighted by molar-refractivity contribution is 0.284. The molecule has 0 aliphatic carbocycles. The van der Waals surface area contributed by atoms with Gasteiger partial charge in [-0.1, -0.05) is 0 Å². The van der Waals surface area contributed by atoms with E-state index in [1.807, 2.05) is 18.5 Å². The lowest BCUT2D eigenvalue weighted by Crippen LogP contribution is -2.29. The van der Waals surface area contributed by atoms with Crippen LogP contribution < -0.4 is 5.73 Å². The average Bonchev–Trinajstić information content (AvgIpc) is 2.87. The summed E-state index contributed by atoms with van der Waals surface area (Å²) in [4.78, 5) is 6.84. The maximum Gasteiger partial charge on any atom is 0.0958 e. The van der Waals surface area contributed by atoms with Gasteiger partial charge in [-0.25, -0.2) is 4.98 Å². The molecule has 1 unspecified atom stereocenters. The fourth-order valence-electron chi connectivity index (χ4n) is 2.66. The van der Waals surface area contributed by atoms with Crippen molar-refractivity contribution in [3.8, 4) is 0 Å². The topological polar surface area (TPSA) is 47.1 Å². The molecule has 2 heterocycles. The van der Waals surface area contributed by atoms with Crippen LogP contribution in [0.1, 0.15) is 12.8 Å². The van der Waals surface area contributed by atoms with Crippen molar-refractivity contribution in [3.05, 3.63) is 24.5 Å². The number of hydrogen-bond acceptors (Lipinski definition) is 3. The summed E-state index contributed by atoms with van der Waals surface area (Å²) in [6.45, 7) is 2.24. The highest BCUT2D eigenvalue weighted by Gasteiger charge is 2.21. The summed E-state index contributed by atoms with van der Waals surface area (Å²) in [6, 6.07) is 6.58. The van der Waals surface area contributed by atoms with Crippen molar-refractivity contribution in [2.24, 2.45) is 0 Å². The molecule has 4 heteroatoms. The van der Waals surface area contributed by atoms with Gasteiger partial charge in [0.15, 0.2) is 0 Å². The summed E-state index contributed by atoms with van der Waals surface area (Å²) in [5.41, 5.74) is 8.71. The normalized spacial score (nSPS) is 21.4. The molecule has 90 valence electrons. The number of imidazole rings is 1. The van der Waals surface area contributed by atoms with E-state index < -0.39 is 0 Å². The van der Waals surface area contributed by atoms with Crippen molar-refractivity contribution in [1.82, 2.24) is 14.5 Å². The summed E-state index contributed by atoms with van der Waals surface area (Å²) in [7, 11) is 2.20. The van der Waals surface area contributed by atoms with Crippen LogP contribution in [0.5, 0.6) is 0 Å². The van der Waals surface area contributed by atoms with Crippen molar-refractivity contribution in [2.45, 2.75) is 25.4 Å². The molecule has 1 fully saturated rings. The predicted molar refractivity (Wildman–Crippen MR) is 69.8 cm³/mol. The number of benzene rings is 1. The van der Waals surface area contributed by atoms with E-state index in [0.29, 0.717) is 6.04 Å². The number of fused-ring (bicyclic) bond motifs is 1. The van der Waals surface area contributed by atoms with Gasteiger partial charge >= 0.3 is 0 Å². The zero-order chi connectivity index (χ0) is 11.8. The van der Waals surface area contributed by atoms with Crippen LogP contribution in [0, 0.1) is 0 Å². The lowest BCUT2D eigenvalue weighted by atomic mass is 10.2. The number of nitrogen functional groups attached to an aromatic ring is 1. The zero-order valence-corrected chi connectivity index (χ0v) is 10.1. The maximum absolute atomic E-state index is 5.76. The van der Waals surface area contributed by atoms with Crippen molar-refractivity contribution in [2.75, 3.05) is 19.3 Å². The molecule has 1 aromatic heterocycles. The Morgan fingerprint density at radius 3 is 3.12 bits per heavy atom. The van der Waals surface area contributed by atoms with Crippen LogP contribution in [0.25, 0.3) is 11.0 Å². The van der Waals surface area contributed by atoms with Crippen molar-refractivity contribution >= 4 is 16.7 Å². The van der Waals surface area contributed by atoms with E-state index in [0.717, 1.165) is 17.7 Å². The van der Waals surface area contributed by atoms with Crippen LogP contribution in [-0.4, -0.2) is 34.1 Å². The molecule has 2 aromatic rings. The SMILES string of the molecule is CN1CCCC1Cn1cnc2cc(N)ccc21. The second-order valence-electron chi connectivity index (χ2n) is 4.92. The molecule has 2 N–H and O–H groups in total. The Bertz CT molecular complexity index is 531. The molecule has 1 aliphatic heterocycles. The third-order valence-corrected chi connectivity index (χ3v) is 3.72. The minimum Gasteiger partial charge on any atom is -0.399 e. The van der Waals surface area contributed by atoms with E-state index in [-0.39, 0.29) is 0 Å². The van der Waals surface area contributed by atoms with Gasteiger partial charge in [0.2, 0.25) is 0 Å². The van der Waals surface area contributed by atoms with Gasteiger partial charge in [-0.05, 0) is 44.6 Å². The van der Waals surface area contributed by atoms with Crippen molar-refractivity contribution in [1.29, 1.82) is 0 Å². The minimum absolute atomic E-state index is 0.643. The van der Waals surface area contributed by atoms with Crippen LogP contribution in [0.3, 0.4) is 0 Å². The molecule has 17 heavy (non-hydrogen) atoms. The number of hydrogen-bond donors (Lipinski definition) is 1. The number of likely N-dealkylation sites (tertiary alicyclic amines) is 1. The highest BCUT2D eigenvalue weighted by atomic mass is 15.2. The molecule has 0 spiro atoms. The molecule has 0 amide bonds. The first-order chi connectivity index (χ1) is 8.24. The maximum atomic E-state index is 5.76. The Morgan fingerprint density at radius 2 is 2.35 bits per heavy atom. The molecule has 4 nitrogen and oxygen atoms in total. The molecule has 1 saturated heterocycles. The molecule has 0 bridgehead atoms. The van der Waals surface area contributed by atoms with E-state index in [1.54, 1.807) is 0 Å². The number of nitrogens with two attached hydrogens (primary N) is 1. The van der Waals surface area contributed by atoms with E-state index in [4.69, 9.17) is 5.73 Å². The fourth-order valence-corrected chi connectivity index (χ4v) is 2.66. The smallest absolute Gasteiger partial charge is 0.0958 e. The summed E-state index contributed by atoms with van der Waals surface area (Å²) < 4.78 is 2.24. The number of likely N-dealkylation sites (N-methyl/N-ethyl adjacent to an activating group) is 1. The van der Waals surface area contributed by atoms with E-state index in [2.05, 4.69) is 27.6 Å². The van der Waals surface area contributed by atoms with Crippen molar-refractivity contribution < 1.29 is 0 Å². The van der Waals surface area contributed by atoms with Gasteiger partial charge in [-0.2, -0.15) is 0 Å². The third-order valence-electron chi connectivity index (χ3n) is 3.72. The molecule has 0 radical (unpaired) electrons. The summed E-state index contributed by atoms with van der Waals surface area (Å²) >= 11 is 0.